The second-order valence-electron chi connectivity index (χ2n) is 21.1. The van der Waals surface area contributed by atoms with Crippen molar-refractivity contribution in [1.82, 2.24) is 0 Å². The summed E-state index contributed by atoms with van der Waals surface area (Å²) in [6, 6.07) is 109. The lowest BCUT2D eigenvalue weighted by atomic mass is 9.68. The Bertz CT molecular complexity index is 4630. The van der Waals surface area contributed by atoms with Gasteiger partial charge in [0.25, 0.3) is 0 Å². The van der Waals surface area contributed by atoms with Gasteiger partial charge in [0.2, 0.25) is 0 Å². The first kappa shape index (κ1) is 45.0. The maximum Gasteiger partial charge on any atom is 0.143 e. The van der Waals surface area contributed by atoms with Gasteiger partial charge >= 0.3 is 0 Å². The maximum atomic E-state index is 6.54. The summed E-state index contributed by atoms with van der Waals surface area (Å²) < 4.78 is 6.54. The van der Waals surface area contributed by atoms with Crippen LogP contribution in [0.1, 0.15) is 22.3 Å². The highest BCUT2D eigenvalue weighted by molar-refractivity contribution is 6.10. The van der Waals surface area contributed by atoms with E-state index < -0.39 is 5.41 Å². The van der Waals surface area contributed by atoms with Crippen molar-refractivity contribution >= 4 is 49.8 Å². The van der Waals surface area contributed by atoms with Crippen LogP contribution in [-0.2, 0) is 5.41 Å². The zero-order valence-corrected chi connectivity index (χ0v) is 43.1. The van der Waals surface area contributed by atoms with E-state index in [4.69, 9.17) is 4.42 Å². The number of nitrogens with zero attached hydrogens (tertiary/aromatic N) is 1. The van der Waals surface area contributed by atoms with E-state index in [1.165, 1.54) is 77.5 Å². The molecule has 13 aromatic carbocycles. The highest BCUT2D eigenvalue weighted by atomic mass is 16.3. The van der Waals surface area contributed by atoms with E-state index in [0.717, 1.165) is 72.4 Å². The van der Waals surface area contributed by atoms with Crippen molar-refractivity contribution in [3.63, 3.8) is 0 Å². The molecule has 0 N–H and O–H groups in total. The molecule has 1 aromatic heterocycles. The van der Waals surface area contributed by atoms with Crippen LogP contribution < -0.4 is 4.90 Å². The molecule has 14 aromatic rings. The lowest BCUT2D eigenvalue weighted by Gasteiger charge is -2.32. The van der Waals surface area contributed by atoms with Gasteiger partial charge in [-0.15, -0.1) is 0 Å². The number of benzene rings is 13. The fourth-order valence-electron chi connectivity index (χ4n) is 13.4. The summed E-state index contributed by atoms with van der Waals surface area (Å²) in [4.78, 5) is 2.41. The average Bonchev–Trinajstić information content (AvgIpc) is 3.70. The van der Waals surface area contributed by atoms with Gasteiger partial charge in [-0.3, -0.25) is 0 Å². The molecule has 0 bridgehead atoms. The standard InChI is InChI=1S/C77H49NO/c1-2-17-50(18-3-1)56-47-57(51-35-37-54(38-36-51)63-27-15-29-69-67-24-8-12-33-73(67)77(75(63)69)71-31-10-6-22-65(71)66-23-7-11-32-72(66)77)49-60(48-56)78(58-43-39-53(40-44-58)62-26-14-20-52-19-4-5-21-61(52)62)59-45-41-55(42-46-59)64-28-16-30-70-68-25-9-13-34-74(68)79-76(64)70/h1-49H. The maximum absolute atomic E-state index is 6.54. The van der Waals surface area contributed by atoms with Crippen LogP contribution in [0.25, 0.3) is 111 Å². The number of fused-ring (bicyclic) bond motifs is 14. The summed E-state index contributed by atoms with van der Waals surface area (Å²) in [5, 5.41) is 4.72. The van der Waals surface area contributed by atoms with E-state index in [2.05, 4.69) is 296 Å². The minimum atomic E-state index is -0.442. The molecule has 79 heavy (non-hydrogen) atoms. The molecule has 0 aliphatic heterocycles. The molecule has 1 spiro atoms. The summed E-state index contributed by atoms with van der Waals surface area (Å²) in [6.07, 6.45) is 0. The Morgan fingerprint density at radius 3 is 1.37 bits per heavy atom. The van der Waals surface area contributed by atoms with Gasteiger partial charge in [0.15, 0.2) is 0 Å². The number of hydrogen-bond acceptors (Lipinski definition) is 2. The third-order valence-electron chi connectivity index (χ3n) is 16.9. The van der Waals surface area contributed by atoms with Crippen molar-refractivity contribution in [1.29, 1.82) is 0 Å². The van der Waals surface area contributed by atoms with Crippen LogP contribution in [0.5, 0.6) is 0 Å². The normalized spacial score (nSPS) is 12.7. The molecule has 2 aliphatic carbocycles. The Labute approximate surface area is 459 Å². The first-order chi connectivity index (χ1) is 39.2. The molecule has 0 unspecified atom stereocenters. The lowest BCUT2D eigenvalue weighted by molar-refractivity contribution is 0.670. The second-order valence-corrected chi connectivity index (χ2v) is 21.1. The molecule has 0 fully saturated rings. The van der Waals surface area contributed by atoms with Gasteiger partial charge in [-0.2, -0.15) is 0 Å². The van der Waals surface area contributed by atoms with Crippen LogP contribution >= 0.6 is 0 Å². The Morgan fingerprint density at radius 1 is 0.253 bits per heavy atom. The molecule has 2 nitrogen and oxygen atoms in total. The van der Waals surface area contributed by atoms with Gasteiger partial charge < -0.3 is 9.32 Å². The van der Waals surface area contributed by atoms with Gasteiger partial charge in [-0.25, -0.2) is 0 Å². The Balaban J connectivity index is 0.842. The minimum absolute atomic E-state index is 0.442. The van der Waals surface area contributed by atoms with Crippen LogP contribution in [0.15, 0.2) is 302 Å². The predicted octanol–water partition coefficient (Wildman–Crippen LogP) is 20.9. The largest absolute Gasteiger partial charge is 0.455 e. The van der Waals surface area contributed by atoms with Crippen molar-refractivity contribution in [2.24, 2.45) is 0 Å². The zero-order chi connectivity index (χ0) is 52.0. The molecule has 1 heterocycles. The molecular formula is C77H49NO. The predicted molar refractivity (Wildman–Crippen MR) is 329 cm³/mol. The number of furan rings is 1. The molecule has 0 saturated heterocycles. The number of para-hydroxylation sites is 2. The fraction of sp³-hybridized carbons (Fsp3) is 0.0130. The summed E-state index contributed by atoms with van der Waals surface area (Å²) >= 11 is 0. The first-order valence-electron chi connectivity index (χ1n) is 27.3. The highest BCUT2D eigenvalue weighted by Gasteiger charge is 2.52. The summed E-state index contributed by atoms with van der Waals surface area (Å²) in [7, 11) is 0. The topological polar surface area (TPSA) is 16.4 Å². The number of hydrogen-bond donors (Lipinski definition) is 0. The Morgan fingerprint density at radius 2 is 0.684 bits per heavy atom. The van der Waals surface area contributed by atoms with Crippen LogP contribution in [0, 0.1) is 0 Å². The van der Waals surface area contributed by atoms with E-state index in [-0.39, 0.29) is 0 Å². The van der Waals surface area contributed by atoms with Crippen LogP contribution in [0.4, 0.5) is 17.1 Å². The minimum Gasteiger partial charge on any atom is -0.455 e. The van der Waals surface area contributed by atoms with Crippen molar-refractivity contribution in [2.75, 3.05) is 4.90 Å². The van der Waals surface area contributed by atoms with Crippen molar-refractivity contribution in [3.8, 4) is 77.9 Å². The Kier molecular flexibility index (Phi) is 10.2. The summed E-state index contributed by atoms with van der Waals surface area (Å²) in [6.45, 7) is 0. The monoisotopic (exact) mass is 1000 g/mol. The Hall–Kier alpha value is -10.3. The van der Waals surface area contributed by atoms with Gasteiger partial charge in [-0.05, 0) is 154 Å². The zero-order valence-electron chi connectivity index (χ0n) is 43.1. The molecule has 16 rings (SSSR count). The third kappa shape index (κ3) is 6.98. The van der Waals surface area contributed by atoms with E-state index >= 15 is 0 Å². The lowest BCUT2D eigenvalue weighted by Crippen LogP contribution is -2.26. The van der Waals surface area contributed by atoms with Gasteiger partial charge in [0.05, 0.1) is 5.41 Å². The fourth-order valence-corrected chi connectivity index (χ4v) is 13.4. The smallest absolute Gasteiger partial charge is 0.143 e. The number of rotatable bonds is 8. The van der Waals surface area contributed by atoms with Gasteiger partial charge in [-0.1, -0.05) is 249 Å². The molecule has 2 heteroatoms. The first-order valence-corrected chi connectivity index (χ1v) is 27.3. The van der Waals surface area contributed by atoms with E-state index in [9.17, 15) is 0 Å². The van der Waals surface area contributed by atoms with Gasteiger partial charge in [0, 0.05) is 33.4 Å². The van der Waals surface area contributed by atoms with Crippen LogP contribution in [0.2, 0.25) is 0 Å². The van der Waals surface area contributed by atoms with Crippen molar-refractivity contribution in [2.45, 2.75) is 5.41 Å². The molecule has 0 saturated carbocycles. The SMILES string of the molecule is c1ccc(-c2cc(-c3ccc(-c4cccc5c4C4(c6ccccc6-c6ccccc64)c4ccccc4-5)cc3)cc(N(c3ccc(-c4cccc5ccccc45)cc3)c3ccc(-c4cccc5c4oc4ccccc45)cc3)c2)cc1. The quantitative estimate of drug-likeness (QED) is 0.151. The summed E-state index contributed by atoms with van der Waals surface area (Å²) in [5.41, 5.74) is 26.7. The van der Waals surface area contributed by atoms with Gasteiger partial charge in [0.1, 0.15) is 11.2 Å². The van der Waals surface area contributed by atoms with E-state index in [1.54, 1.807) is 0 Å². The van der Waals surface area contributed by atoms with Crippen LogP contribution in [0.3, 0.4) is 0 Å². The molecule has 368 valence electrons. The van der Waals surface area contributed by atoms with E-state index in [1.807, 2.05) is 6.07 Å². The van der Waals surface area contributed by atoms with Crippen molar-refractivity contribution < 1.29 is 4.42 Å². The third-order valence-corrected chi connectivity index (χ3v) is 16.9. The molecular weight excluding hydrogens is 955 g/mol. The molecule has 2 aliphatic rings. The van der Waals surface area contributed by atoms with Crippen molar-refractivity contribution in [3.05, 3.63) is 320 Å². The molecule has 0 amide bonds. The second kappa shape index (κ2) is 17.9. The summed E-state index contributed by atoms with van der Waals surface area (Å²) in [5.74, 6) is 0. The molecule has 0 atom stereocenters. The van der Waals surface area contributed by atoms with Crippen LogP contribution in [-0.4, -0.2) is 0 Å². The van der Waals surface area contributed by atoms with E-state index in [0.29, 0.717) is 0 Å². The number of anilines is 3. The average molecular weight is 1000 g/mol. The molecule has 0 radical (unpaired) electrons. The highest BCUT2D eigenvalue weighted by Crippen LogP contribution is 2.64.